The van der Waals surface area contributed by atoms with E-state index in [0.29, 0.717) is 9.23 Å². The Morgan fingerprint density at radius 3 is 2.62 bits per heavy atom. The van der Waals surface area contributed by atoms with Gasteiger partial charge in [0.15, 0.2) is 0 Å². The minimum atomic E-state index is -0.0424. The lowest BCUT2D eigenvalue weighted by Gasteiger charge is -2.21. The number of methoxy groups -OCH3 is 1. The standard InChI is InChI=1S/C25H25N3O2S2/c1-5-17(3)28-24(29)22(32-25(28)31)14-18-15-27(19-9-7-6-8-10-19)26-23(18)21-12-11-20(30-4)13-16(21)2/h6-15,17H,5H2,1-4H3/b22-14-/t17-/m0/s1. The average molecular weight is 464 g/mol. The number of para-hydroxylation sites is 1. The number of benzene rings is 2. The Morgan fingerprint density at radius 1 is 1.22 bits per heavy atom. The summed E-state index contributed by atoms with van der Waals surface area (Å²) in [5.74, 6) is 0.754. The van der Waals surface area contributed by atoms with Crippen LogP contribution in [-0.2, 0) is 4.79 Å². The van der Waals surface area contributed by atoms with Gasteiger partial charge in [-0.05, 0) is 62.2 Å². The molecule has 0 saturated carbocycles. The number of aryl methyl sites for hydroxylation is 1. The van der Waals surface area contributed by atoms with Crippen molar-refractivity contribution in [3.8, 4) is 22.7 Å². The first-order chi connectivity index (χ1) is 15.4. The van der Waals surface area contributed by atoms with Gasteiger partial charge < -0.3 is 4.74 Å². The van der Waals surface area contributed by atoms with E-state index in [2.05, 4.69) is 6.92 Å². The third-order valence-corrected chi connectivity index (χ3v) is 6.92. The molecule has 2 aromatic carbocycles. The van der Waals surface area contributed by atoms with E-state index in [1.54, 1.807) is 12.0 Å². The summed E-state index contributed by atoms with van der Waals surface area (Å²) in [6.45, 7) is 6.11. The van der Waals surface area contributed by atoms with Crippen LogP contribution in [-0.4, -0.2) is 38.1 Å². The fourth-order valence-corrected chi connectivity index (χ4v) is 5.08. The number of amides is 1. The maximum absolute atomic E-state index is 13.1. The Labute approximate surface area is 198 Å². The zero-order chi connectivity index (χ0) is 22.8. The van der Waals surface area contributed by atoms with Gasteiger partial charge in [-0.2, -0.15) is 5.10 Å². The van der Waals surface area contributed by atoms with Crippen LogP contribution in [0, 0.1) is 6.92 Å². The van der Waals surface area contributed by atoms with Crippen molar-refractivity contribution in [1.82, 2.24) is 14.7 Å². The summed E-state index contributed by atoms with van der Waals surface area (Å²) in [7, 11) is 1.66. The van der Waals surface area contributed by atoms with Crippen LogP contribution < -0.4 is 4.74 Å². The van der Waals surface area contributed by atoms with Crippen molar-refractivity contribution >= 4 is 40.3 Å². The first kappa shape index (κ1) is 22.3. The molecule has 3 aromatic rings. The van der Waals surface area contributed by atoms with Crippen LogP contribution in [0.25, 0.3) is 23.0 Å². The Kier molecular flexibility index (Phi) is 6.48. The van der Waals surface area contributed by atoms with Crippen molar-refractivity contribution in [3.63, 3.8) is 0 Å². The third-order valence-electron chi connectivity index (χ3n) is 5.59. The molecule has 0 aliphatic carbocycles. The van der Waals surface area contributed by atoms with Crippen LogP contribution in [0.4, 0.5) is 0 Å². The first-order valence-corrected chi connectivity index (χ1v) is 11.7. The second kappa shape index (κ2) is 9.30. The highest BCUT2D eigenvalue weighted by atomic mass is 32.2. The molecular formula is C25H25N3O2S2. The van der Waals surface area contributed by atoms with E-state index in [0.717, 1.165) is 40.2 Å². The molecule has 1 aliphatic rings. The molecule has 1 saturated heterocycles. The molecule has 5 nitrogen and oxygen atoms in total. The number of carbonyl (C=O) groups is 1. The number of hydrogen-bond acceptors (Lipinski definition) is 5. The molecule has 1 aliphatic heterocycles. The zero-order valence-electron chi connectivity index (χ0n) is 18.5. The summed E-state index contributed by atoms with van der Waals surface area (Å²) in [5, 5.41) is 4.89. The van der Waals surface area contributed by atoms with Crippen LogP contribution in [0.15, 0.2) is 59.6 Å². The van der Waals surface area contributed by atoms with Gasteiger partial charge in [-0.3, -0.25) is 9.69 Å². The number of thiocarbonyl (C=S) groups is 1. The maximum Gasteiger partial charge on any atom is 0.266 e. The van der Waals surface area contributed by atoms with Gasteiger partial charge in [-0.15, -0.1) is 0 Å². The van der Waals surface area contributed by atoms with Gasteiger partial charge in [0.05, 0.1) is 17.7 Å². The van der Waals surface area contributed by atoms with Crippen molar-refractivity contribution in [1.29, 1.82) is 0 Å². The van der Waals surface area contributed by atoms with E-state index in [9.17, 15) is 4.79 Å². The normalized spacial score (nSPS) is 16.1. The highest BCUT2D eigenvalue weighted by molar-refractivity contribution is 8.26. The molecule has 1 fully saturated rings. The molecule has 32 heavy (non-hydrogen) atoms. The van der Waals surface area contributed by atoms with Crippen LogP contribution in [0.3, 0.4) is 0 Å². The lowest BCUT2D eigenvalue weighted by atomic mass is 10.0. The average Bonchev–Trinajstić information content (AvgIpc) is 3.34. The van der Waals surface area contributed by atoms with E-state index >= 15 is 0 Å². The van der Waals surface area contributed by atoms with E-state index in [4.69, 9.17) is 22.1 Å². The monoisotopic (exact) mass is 463 g/mol. The van der Waals surface area contributed by atoms with Gasteiger partial charge in [0, 0.05) is 23.4 Å². The van der Waals surface area contributed by atoms with Gasteiger partial charge in [0.25, 0.3) is 5.91 Å². The molecule has 0 spiro atoms. The topological polar surface area (TPSA) is 47.4 Å². The SMILES string of the molecule is CC[C@H](C)N1C(=O)/C(=C/c2cn(-c3ccccc3)nc2-c2ccc(OC)cc2C)SC1=S. The second-order valence-electron chi connectivity index (χ2n) is 7.70. The van der Waals surface area contributed by atoms with Gasteiger partial charge in [-0.1, -0.05) is 49.1 Å². The summed E-state index contributed by atoms with van der Waals surface area (Å²) in [5.41, 5.74) is 4.66. The molecule has 2 heterocycles. The minimum absolute atomic E-state index is 0.0424. The van der Waals surface area contributed by atoms with Gasteiger partial charge in [0.2, 0.25) is 0 Å². The summed E-state index contributed by atoms with van der Waals surface area (Å²) in [6, 6.07) is 15.9. The molecule has 0 bridgehead atoms. The van der Waals surface area contributed by atoms with Crippen LogP contribution in [0.2, 0.25) is 0 Å². The summed E-state index contributed by atoms with van der Waals surface area (Å²) in [6.07, 6.45) is 4.72. The number of aromatic nitrogens is 2. The highest BCUT2D eigenvalue weighted by Gasteiger charge is 2.35. The van der Waals surface area contributed by atoms with Crippen molar-refractivity contribution in [2.75, 3.05) is 7.11 Å². The highest BCUT2D eigenvalue weighted by Crippen LogP contribution is 2.37. The molecule has 0 unspecified atom stereocenters. The van der Waals surface area contributed by atoms with Crippen molar-refractivity contribution < 1.29 is 9.53 Å². The molecule has 4 rings (SSSR count). The van der Waals surface area contributed by atoms with E-state index in [1.165, 1.54) is 11.8 Å². The first-order valence-electron chi connectivity index (χ1n) is 10.5. The summed E-state index contributed by atoms with van der Waals surface area (Å²) in [4.78, 5) is 15.4. The lowest BCUT2D eigenvalue weighted by Crippen LogP contribution is -2.36. The molecule has 0 radical (unpaired) electrons. The van der Waals surface area contributed by atoms with E-state index in [-0.39, 0.29) is 11.9 Å². The Hall–Kier alpha value is -2.90. The Balaban J connectivity index is 1.83. The molecular weight excluding hydrogens is 438 g/mol. The molecule has 1 atom stereocenters. The maximum atomic E-state index is 13.1. The minimum Gasteiger partial charge on any atom is -0.497 e. The Morgan fingerprint density at radius 2 is 1.97 bits per heavy atom. The molecule has 7 heteroatoms. The Bertz CT molecular complexity index is 1200. The number of ether oxygens (including phenoxy) is 1. The number of rotatable bonds is 6. The van der Waals surface area contributed by atoms with E-state index in [1.807, 2.05) is 79.3 Å². The van der Waals surface area contributed by atoms with Crippen LogP contribution in [0.5, 0.6) is 5.75 Å². The molecule has 164 valence electrons. The lowest BCUT2D eigenvalue weighted by molar-refractivity contribution is -0.123. The van der Waals surface area contributed by atoms with Crippen LogP contribution in [0.1, 0.15) is 31.4 Å². The molecule has 1 amide bonds. The van der Waals surface area contributed by atoms with Crippen molar-refractivity contribution in [2.45, 2.75) is 33.2 Å². The predicted octanol–water partition coefficient (Wildman–Crippen LogP) is 5.86. The smallest absolute Gasteiger partial charge is 0.266 e. The quantitative estimate of drug-likeness (QED) is 0.339. The third kappa shape index (κ3) is 4.23. The zero-order valence-corrected chi connectivity index (χ0v) is 20.2. The number of nitrogens with zero attached hydrogens (tertiary/aromatic N) is 3. The van der Waals surface area contributed by atoms with Gasteiger partial charge in [0.1, 0.15) is 15.8 Å². The molecule has 0 N–H and O–H groups in total. The fourth-order valence-electron chi connectivity index (χ4n) is 3.63. The van der Waals surface area contributed by atoms with Crippen molar-refractivity contribution in [2.24, 2.45) is 0 Å². The predicted molar refractivity (Wildman–Crippen MR) is 135 cm³/mol. The number of carbonyl (C=O) groups excluding carboxylic acids is 1. The van der Waals surface area contributed by atoms with E-state index < -0.39 is 0 Å². The number of thioether (sulfide) groups is 1. The van der Waals surface area contributed by atoms with Crippen molar-refractivity contribution in [3.05, 3.63) is 70.8 Å². The molecule has 1 aromatic heterocycles. The number of hydrogen-bond donors (Lipinski definition) is 0. The second-order valence-corrected chi connectivity index (χ2v) is 9.38. The van der Waals surface area contributed by atoms with Gasteiger partial charge in [-0.25, -0.2) is 4.68 Å². The fraction of sp³-hybridized carbons (Fsp3) is 0.240. The van der Waals surface area contributed by atoms with Crippen LogP contribution >= 0.6 is 24.0 Å². The summed E-state index contributed by atoms with van der Waals surface area (Å²) >= 11 is 6.85. The van der Waals surface area contributed by atoms with Gasteiger partial charge >= 0.3 is 0 Å². The largest absolute Gasteiger partial charge is 0.497 e. The summed E-state index contributed by atoms with van der Waals surface area (Å²) < 4.78 is 7.82.